The third kappa shape index (κ3) is 5.55. The highest BCUT2D eigenvalue weighted by Gasteiger charge is 2.33. The zero-order chi connectivity index (χ0) is 18.2. The minimum atomic E-state index is -0.243. The van der Waals surface area contributed by atoms with Gasteiger partial charge in [-0.15, -0.1) is 0 Å². The van der Waals surface area contributed by atoms with Crippen molar-refractivity contribution in [1.82, 2.24) is 0 Å². The van der Waals surface area contributed by atoms with Crippen molar-refractivity contribution in [2.24, 2.45) is 22.7 Å². The van der Waals surface area contributed by atoms with Gasteiger partial charge < -0.3 is 25.2 Å². The largest absolute Gasteiger partial charge is 0.473 e. The highest BCUT2D eigenvalue weighted by molar-refractivity contribution is 5.03. The fourth-order valence-corrected chi connectivity index (χ4v) is 4.04. The Morgan fingerprint density at radius 1 is 0.680 bits per heavy atom. The van der Waals surface area contributed by atoms with Crippen molar-refractivity contribution in [3.8, 4) is 0 Å². The molecule has 0 amide bonds. The summed E-state index contributed by atoms with van der Waals surface area (Å²) in [6.45, 7) is 0.644. The molecular weight excluding hydrogens is 320 g/mol. The first-order valence-corrected chi connectivity index (χ1v) is 9.55. The molecular formula is C20H34O5. The van der Waals surface area contributed by atoms with Crippen LogP contribution in [0.1, 0.15) is 51.4 Å². The highest BCUT2D eigenvalue weighted by Crippen LogP contribution is 2.41. The van der Waals surface area contributed by atoms with E-state index in [1.165, 1.54) is 0 Å². The van der Waals surface area contributed by atoms with E-state index in [9.17, 15) is 20.4 Å². The van der Waals surface area contributed by atoms with Crippen molar-refractivity contribution in [3.63, 3.8) is 0 Å². The average Bonchev–Trinajstić information content (AvgIpc) is 2.68. The van der Waals surface area contributed by atoms with Gasteiger partial charge in [0.25, 0.3) is 0 Å². The van der Waals surface area contributed by atoms with Crippen LogP contribution in [0.25, 0.3) is 0 Å². The second-order valence-corrected chi connectivity index (χ2v) is 8.03. The van der Waals surface area contributed by atoms with Gasteiger partial charge in [0.1, 0.15) is 0 Å². The molecule has 0 aromatic rings. The summed E-state index contributed by atoms with van der Waals surface area (Å²) in [6, 6.07) is 0. The first-order chi connectivity index (χ1) is 12.1. The number of hydrogen-bond acceptors (Lipinski definition) is 5. The van der Waals surface area contributed by atoms with Crippen molar-refractivity contribution in [2.75, 3.05) is 26.4 Å². The van der Waals surface area contributed by atoms with E-state index in [1.807, 2.05) is 12.2 Å². The third-order valence-corrected chi connectivity index (χ3v) is 6.35. The monoisotopic (exact) mass is 354 g/mol. The van der Waals surface area contributed by atoms with Gasteiger partial charge in [0.2, 0.25) is 0 Å². The fraction of sp³-hybridized carbons (Fsp3) is 0.800. The molecule has 144 valence electrons. The normalized spacial score (nSPS) is 37.0. The topological polar surface area (TPSA) is 90.2 Å². The molecule has 0 aromatic heterocycles. The lowest BCUT2D eigenvalue weighted by molar-refractivity contribution is 0.0815. The van der Waals surface area contributed by atoms with E-state index >= 15 is 0 Å². The number of rotatable bonds is 8. The van der Waals surface area contributed by atoms with E-state index in [2.05, 4.69) is 0 Å². The lowest BCUT2D eigenvalue weighted by Crippen LogP contribution is -2.30. The second kappa shape index (κ2) is 9.72. The summed E-state index contributed by atoms with van der Waals surface area (Å²) in [5.74, 6) is 0.708. The Morgan fingerprint density at radius 3 is 1.32 bits per heavy atom. The van der Waals surface area contributed by atoms with Gasteiger partial charge in [-0.1, -0.05) is 0 Å². The number of hydrogen-bond donors (Lipinski definition) is 4. The average molecular weight is 354 g/mol. The molecule has 0 atom stereocenters. The van der Waals surface area contributed by atoms with Gasteiger partial charge in [-0.3, -0.25) is 0 Å². The van der Waals surface area contributed by atoms with Crippen LogP contribution in [0.4, 0.5) is 0 Å². The van der Waals surface area contributed by atoms with E-state index in [4.69, 9.17) is 4.74 Å². The van der Waals surface area contributed by atoms with Gasteiger partial charge in [-0.2, -0.15) is 0 Å². The molecule has 0 heterocycles. The van der Waals surface area contributed by atoms with Crippen LogP contribution in [-0.2, 0) is 4.74 Å². The molecule has 0 radical (unpaired) electrons. The summed E-state index contributed by atoms with van der Waals surface area (Å²) in [6.07, 6.45) is 14.3. The molecule has 0 unspecified atom stereocenters. The van der Waals surface area contributed by atoms with Crippen LogP contribution in [0.2, 0.25) is 0 Å². The van der Waals surface area contributed by atoms with E-state index < -0.39 is 0 Å². The van der Waals surface area contributed by atoms with Crippen molar-refractivity contribution >= 4 is 0 Å². The van der Waals surface area contributed by atoms with E-state index in [1.54, 1.807) is 12.5 Å². The van der Waals surface area contributed by atoms with Crippen molar-refractivity contribution in [2.45, 2.75) is 51.4 Å². The molecule has 2 fully saturated rings. The number of aliphatic hydroxyl groups excluding tert-OH is 4. The summed E-state index contributed by atoms with van der Waals surface area (Å²) in [5.41, 5.74) is -0.485. The van der Waals surface area contributed by atoms with Crippen LogP contribution in [-0.4, -0.2) is 46.9 Å². The molecule has 25 heavy (non-hydrogen) atoms. The SMILES string of the molecule is OCC1CCC(C=COC=CC2(CO)CCC(CO)CC2)(CO)CC1. The first kappa shape index (κ1) is 20.4. The van der Waals surface area contributed by atoms with Crippen LogP contribution < -0.4 is 0 Å². The molecule has 5 nitrogen and oxygen atoms in total. The first-order valence-electron chi connectivity index (χ1n) is 9.55. The Hall–Kier alpha value is -0.880. The van der Waals surface area contributed by atoms with Crippen LogP contribution >= 0.6 is 0 Å². The maximum atomic E-state index is 9.75. The van der Waals surface area contributed by atoms with Crippen molar-refractivity contribution in [1.29, 1.82) is 0 Å². The predicted molar refractivity (Wildman–Crippen MR) is 96.5 cm³/mol. The van der Waals surface area contributed by atoms with Gasteiger partial charge in [0.15, 0.2) is 0 Å². The van der Waals surface area contributed by atoms with E-state index in [0.717, 1.165) is 51.4 Å². The summed E-state index contributed by atoms with van der Waals surface area (Å²) in [7, 11) is 0. The number of ether oxygens (including phenoxy) is 1. The summed E-state index contributed by atoms with van der Waals surface area (Å²) >= 11 is 0. The van der Waals surface area contributed by atoms with E-state index in [-0.39, 0.29) is 37.3 Å². The van der Waals surface area contributed by atoms with Gasteiger partial charge in [-0.25, -0.2) is 0 Å². The quantitative estimate of drug-likeness (QED) is 0.503. The van der Waals surface area contributed by atoms with Crippen LogP contribution in [0.15, 0.2) is 24.7 Å². The van der Waals surface area contributed by atoms with Gasteiger partial charge in [-0.05, 0) is 75.4 Å². The molecule has 2 aliphatic carbocycles. The van der Waals surface area contributed by atoms with E-state index in [0.29, 0.717) is 11.8 Å². The van der Waals surface area contributed by atoms with Crippen LogP contribution in [0, 0.1) is 22.7 Å². The summed E-state index contributed by atoms with van der Waals surface area (Å²) in [5, 5.41) is 38.0. The maximum absolute atomic E-state index is 9.75. The third-order valence-electron chi connectivity index (χ3n) is 6.35. The molecule has 2 saturated carbocycles. The Morgan fingerprint density at radius 2 is 1.04 bits per heavy atom. The van der Waals surface area contributed by atoms with Crippen LogP contribution in [0.3, 0.4) is 0 Å². The molecule has 2 rings (SSSR count). The zero-order valence-corrected chi connectivity index (χ0v) is 15.1. The Balaban J connectivity index is 1.83. The van der Waals surface area contributed by atoms with Gasteiger partial charge in [0.05, 0.1) is 25.7 Å². The minimum Gasteiger partial charge on any atom is -0.473 e. The smallest absolute Gasteiger partial charge is 0.0867 e. The molecule has 0 aromatic carbocycles. The summed E-state index contributed by atoms with van der Waals surface area (Å²) < 4.78 is 5.52. The van der Waals surface area contributed by atoms with Gasteiger partial charge in [0, 0.05) is 24.0 Å². The molecule has 0 saturated heterocycles. The standard InChI is InChI=1S/C20H34O5/c21-13-17-1-5-19(15-23,6-2-17)9-11-25-12-10-20(16-24)7-3-18(14-22)4-8-20/h9-12,17-18,21-24H,1-8,13-16H2. The van der Waals surface area contributed by atoms with Crippen LogP contribution in [0.5, 0.6) is 0 Å². The predicted octanol–water partition coefficient (Wildman–Crippen LogP) is 2.35. The van der Waals surface area contributed by atoms with Gasteiger partial charge >= 0.3 is 0 Å². The lowest BCUT2D eigenvalue weighted by atomic mass is 9.71. The molecule has 0 bridgehead atoms. The lowest BCUT2D eigenvalue weighted by Gasteiger charge is -2.36. The molecule has 4 N–H and O–H groups in total. The minimum absolute atomic E-state index is 0.0951. The molecule has 5 heteroatoms. The summed E-state index contributed by atoms with van der Waals surface area (Å²) in [4.78, 5) is 0. The Bertz CT molecular complexity index is 389. The highest BCUT2D eigenvalue weighted by atomic mass is 16.5. The number of aliphatic hydroxyl groups is 4. The maximum Gasteiger partial charge on any atom is 0.0867 e. The molecule has 2 aliphatic rings. The Labute approximate surface area is 151 Å². The zero-order valence-electron chi connectivity index (χ0n) is 15.1. The fourth-order valence-electron chi connectivity index (χ4n) is 4.04. The molecule has 0 aliphatic heterocycles. The second-order valence-electron chi connectivity index (χ2n) is 8.03. The molecule has 0 spiro atoms. The van der Waals surface area contributed by atoms with Crippen molar-refractivity contribution in [3.05, 3.63) is 24.7 Å². The van der Waals surface area contributed by atoms with Crippen molar-refractivity contribution < 1.29 is 25.2 Å². The Kier molecular flexibility index (Phi) is 7.94.